The van der Waals surface area contributed by atoms with Crippen molar-refractivity contribution >= 4 is 5.91 Å². The topological polar surface area (TPSA) is 50.4 Å². The summed E-state index contributed by atoms with van der Waals surface area (Å²) in [4.78, 5) is 12.0. The molecule has 0 bridgehead atoms. The first kappa shape index (κ1) is 13.9. The largest absolute Gasteiger partial charge is 0.497 e. The lowest BCUT2D eigenvalue weighted by Crippen LogP contribution is -2.50. The monoisotopic (exact) mass is 262 g/mol. The highest BCUT2D eigenvalue weighted by atomic mass is 16.5. The maximum atomic E-state index is 12.0. The summed E-state index contributed by atoms with van der Waals surface area (Å²) in [6.07, 6.45) is 1.52. The van der Waals surface area contributed by atoms with Gasteiger partial charge in [0.25, 0.3) is 0 Å². The predicted octanol–water partition coefficient (Wildman–Crippen LogP) is 1.35. The van der Waals surface area contributed by atoms with E-state index in [2.05, 4.69) is 17.6 Å². The van der Waals surface area contributed by atoms with Crippen molar-refractivity contribution in [2.24, 2.45) is 5.92 Å². The van der Waals surface area contributed by atoms with Crippen molar-refractivity contribution in [1.82, 2.24) is 10.6 Å². The van der Waals surface area contributed by atoms with E-state index < -0.39 is 0 Å². The minimum absolute atomic E-state index is 0.0776. The highest BCUT2D eigenvalue weighted by molar-refractivity contribution is 5.79. The van der Waals surface area contributed by atoms with Gasteiger partial charge in [0.2, 0.25) is 5.91 Å². The fraction of sp³-hybridized carbons (Fsp3) is 0.533. The first-order valence-electron chi connectivity index (χ1n) is 6.82. The number of carbonyl (C=O) groups excluding carboxylic acids is 1. The Labute approximate surface area is 114 Å². The van der Waals surface area contributed by atoms with Gasteiger partial charge in [0.05, 0.1) is 13.5 Å². The molecule has 4 heteroatoms. The number of carbonyl (C=O) groups is 1. The van der Waals surface area contributed by atoms with E-state index in [4.69, 9.17) is 4.74 Å². The number of benzene rings is 1. The molecular formula is C15H22N2O2. The molecule has 104 valence electrons. The molecule has 1 amide bonds. The van der Waals surface area contributed by atoms with E-state index >= 15 is 0 Å². The zero-order valence-corrected chi connectivity index (χ0v) is 11.6. The summed E-state index contributed by atoms with van der Waals surface area (Å²) in [5.74, 6) is 1.40. The molecular weight excluding hydrogens is 240 g/mol. The molecule has 0 aromatic heterocycles. The molecule has 19 heavy (non-hydrogen) atoms. The Morgan fingerprint density at radius 3 is 3.11 bits per heavy atom. The molecule has 2 rings (SSSR count). The van der Waals surface area contributed by atoms with Crippen LogP contribution in [-0.4, -0.2) is 32.1 Å². The fourth-order valence-corrected chi connectivity index (χ4v) is 2.41. The molecule has 2 N–H and O–H groups in total. The SMILES string of the molecule is COc1cccc(CC(=O)NC2CNCCC2C)c1. The summed E-state index contributed by atoms with van der Waals surface area (Å²) in [5.41, 5.74) is 0.980. The highest BCUT2D eigenvalue weighted by Crippen LogP contribution is 2.14. The van der Waals surface area contributed by atoms with Crippen LogP contribution in [0.1, 0.15) is 18.9 Å². The lowest BCUT2D eigenvalue weighted by Gasteiger charge is -2.30. The van der Waals surface area contributed by atoms with Gasteiger partial charge in [-0.05, 0) is 36.6 Å². The van der Waals surface area contributed by atoms with E-state index in [-0.39, 0.29) is 11.9 Å². The third-order valence-corrected chi connectivity index (χ3v) is 3.67. The van der Waals surface area contributed by atoms with Gasteiger partial charge in [0.1, 0.15) is 5.75 Å². The Hall–Kier alpha value is -1.55. The van der Waals surface area contributed by atoms with Crippen LogP contribution in [0.3, 0.4) is 0 Å². The molecule has 1 aliphatic heterocycles. The van der Waals surface area contributed by atoms with Gasteiger partial charge in [-0.25, -0.2) is 0 Å². The van der Waals surface area contributed by atoms with Crippen LogP contribution >= 0.6 is 0 Å². The fourth-order valence-electron chi connectivity index (χ4n) is 2.41. The van der Waals surface area contributed by atoms with Crippen LogP contribution in [0.15, 0.2) is 24.3 Å². The lowest BCUT2D eigenvalue weighted by atomic mass is 9.94. The number of nitrogens with one attached hydrogen (secondary N) is 2. The quantitative estimate of drug-likeness (QED) is 0.861. The summed E-state index contributed by atoms with van der Waals surface area (Å²) in [6, 6.07) is 7.89. The van der Waals surface area contributed by atoms with Crippen molar-refractivity contribution < 1.29 is 9.53 Å². The molecule has 0 spiro atoms. The van der Waals surface area contributed by atoms with E-state index in [0.29, 0.717) is 12.3 Å². The summed E-state index contributed by atoms with van der Waals surface area (Å²) in [6.45, 7) is 4.10. The zero-order chi connectivity index (χ0) is 13.7. The second-order valence-corrected chi connectivity index (χ2v) is 5.17. The van der Waals surface area contributed by atoms with Crippen LogP contribution in [0, 0.1) is 5.92 Å². The third kappa shape index (κ3) is 3.96. The molecule has 1 aromatic carbocycles. The van der Waals surface area contributed by atoms with Crippen LogP contribution < -0.4 is 15.4 Å². The average molecular weight is 262 g/mol. The summed E-state index contributed by atoms with van der Waals surface area (Å²) < 4.78 is 5.16. The average Bonchev–Trinajstić information content (AvgIpc) is 2.41. The molecule has 0 radical (unpaired) electrons. The Morgan fingerprint density at radius 2 is 2.37 bits per heavy atom. The van der Waals surface area contributed by atoms with E-state index in [9.17, 15) is 4.79 Å². The standard InChI is InChI=1S/C15H22N2O2/c1-11-6-7-16-10-14(11)17-15(18)9-12-4-3-5-13(8-12)19-2/h3-5,8,11,14,16H,6-7,9-10H2,1-2H3,(H,17,18). The maximum absolute atomic E-state index is 12.0. The first-order chi connectivity index (χ1) is 9.19. The Balaban J connectivity index is 1.89. The van der Waals surface area contributed by atoms with Crippen molar-refractivity contribution in [2.45, 2.75) is 25.8 Å². The number of methoxy groups -OCH3 is 1. The second-order valence-electron chi connectivity index (χ2n) is 5.17. The predicted molar refractivity (Wildman–Crippen MR) is 75.3 cm³/mol. The lowest BCUT2D eigenvalue weighted by molar-refractivity contribution is -0.121. The Kier molecular flexibility index (Phi) is 4.80. The highest BCUT2D eigenvalue weighted by Gasteiger charge is 2.22. The molecule has 0 aliphatic carbocycles. The number of hydrogen-bond donors (Lipinski definition) is 2. The first-order valence-corrected chi connectivity index (χ1v) is 6.82. The number of hydrogen-bond acceptors (Lipinski definition) is 3. The van der Waals surface area contributed by atoms with Crippen LogP contribution in [0.4, 0.5) is 0 Å². The number of piperidine rings is 1. The van der Waals surface area contributed by atoms with Gasteiger partial charge in [0, 0.05) is 12.6 Å². The van der Waals surface area contributed by atoms with E-state index in [1.165, 1.54) is 0 Å². The minimum Gasteiger partial charge on any atom is -0.497 e. The van der Waals surface area contributed by atoms with Gasteiger partial charge < -0.3 is 15.4 Å². The van der Waals surface area contributed by atoms with Crippen LogP contribution in [0.2, 0.25) is 0 Å². The molecule has 2 atom stereocenters. The molecule has 1 heterocycles. The van der Waals surface area contributed by atoms with Gasteiger partial charge in [-0.15, -0.1) is 0 Å². The van der Waals surface area contributed by atoms with E-state index in [0.717, 1.165) is 30.8 Å². The van der Waals surface area contributed by atoms with Gasteiger partial charge in [-0.2, -0.15) is 0 Å². The van der Waals surface area contributed by atoms with Crippen molar-refractivity contribution in [3.05, 3.63) is 29.8 Å². The molecule has 1 aromatic rings. The summed E-state index contributed by atoms with van der Waals surface area (Å²) >= 11 is 0. The maximum Gasteiger partial charge on any atom is 0.224 e. The van der Waals surface area contributed by atoms with E-state index in [1.54, 1.807) is 7.11 Å². The molecule has 1 saturated heterocycles. The van der Waals surface area contributed by atoms with Crippen molar-refractivity contribution in [3.63, 3.8) is 0 Å². The minimum atomic E-state index is 0.0776. The van der Waals surface area contributed by atoms with E-state index in [1.807, 2.05) is 24.3 Å². The zero-order valence-electron chi connectivity index (χ0n) is 11.6. The Morgan fingerprint density at radius 1 is 1.53 bits per heavy atom. The van der Waals surface area contributed by atoms with Gasteiger partial charge in [-0.1, -0.05) is 19.1 Å². The van der Waals surface area contributed by atoms with Crippen molar-refractivity contribution in [1.29, 1.82) is 0 Å². The molecule has 0 saturated carbocycles. The summed E-state index contributed by atoms with van der Waals surface area (Å²) in [5, 5.41) is 6.43. The number of amides is 1. The van der Waals surface area contributed by atoms with Crippen molar-refractivity contribution in [2.75, 3.05) is 20.2 Å². The van der Waals surface area contributed by atoms with Gasteiger partial charge >= 0.3 is 0 Å². The molecule has 1 fully saturated rings. The van der Waals surface area contributed by atoms with Gasteiger partial charge in [0.15, 0.2) is 0 Å². The number of ether oxygens (including phenoxy) is 1. The molecule has 4 nitrogen and oxygen atoms in total. The third-order valence-electron chi connectivity index (χ3n) is 3.67. The van der Waals surface area contributed by atoms with Crippen LogP contribution in [-0.2, 0) is 11.2 Å². The van der Waals surface area contributed by atoms with Crippen LogP contribution in [0.5, 0.6) is 5.75 Å². The second kappa shape index (κ2) is 6.57. The normalized spacial score (nSPS) is 22.8. The summed E-state index contributed by atoms with van der Waals surface area (Å²) in [7, 11) is 1.63. The van der Waals surface area contributed by atoms with Crippen molar-refractivity contribution in [3.8, 4) is 5.75 Å². The van der Waals surface area contributed by atoms with Crippen LogP contribution in [0.25, 0.3) is 0 Å². The molecule has 2 unspecified atom stereocenters. The Bertz CT molecular complexity index is 434. The smallest absolute Gasteiger partial charge is 0.224 e. The van der Waals surface area contributed by atoms with Gasteiger partial charge in [-0.3, -0.25) is 4.79 Å². The molecule has 1 aliphatic rings. The number of rotatable bonds is 4.